The Morgan fingerprint density at radius 2 is 1.80 bits per heavy atom. The van der Waals surface area contributed by atoms with Crippen LogP contribution in [0.4, 0.5) is 0 Å². The van der Waals surface area contributed by atoms with Crippen LogP contribution in [0, 0.1) is 11.8 Å². The quantitative estimate of drug-likeness (QED) is 0.412. The summed E-state index contributed by atoms with van der Waals surface area (Å²) in [5.41, 5.74) is 3.76. The summed E-state index contributed by atoms with van der Waals surface area (Å²) in [6.07, 6.45) is 1.03. The molecule has 1 aliphatic carbocycles. The minimum Gasteiger partial charge on any atom is -0.494 e. The number of benzene rings is 2. The highest BCUT2D eigenvalue weighted by Gasteiger charge is 2.47. The monoisotopic (exact) mass is 493 g/mol. The summed E-state index contributed by atoms with van der Waals surface area (Å²) in [6, 6.07) is 15.3. The van der Waals surface area contributed by atoms with Gasteiger partial charge in [0.15, 0.2) is 0 Å². The van der Waals surface area contributed by atoms with E-state index >= 15 is 0 Å². The van der Waals surface area contributed by atoms with E-state index in [9.17, 15) is 9.59 Å². The highest BCUT2D eigenvalue weighted by molar-refractivity contribution is 6.30. The van der Waals surface area contributed by atoms with E-state index in [2.05, 4.69) is 0 Å². The third-order valence-electron chi connectivity index (χ3n) is 6.62. The van der Waals surface area contributed by atoms with Crippen LogP contribution in [0.25, 0.3) is 0 Å². The molecule has 6 heteroatoms. The zero-order valence-corrected chi connectivity index (χ0v) is 21.5. The number of carbonyl (C=O) groups is 2. The Balaban J connectivity index is 1.79. The van der Waals surface area contributed by atoms with E-state index in [1.165, 1.54) is 0 Å². The standard InChI is InChI=1S/C29H32ClNO4/c1-5-34-25-9-7-6-8-22(25)27-26(29(33)35-16-17(2)3)18(4)31-23-14-20(15-24(32)28(23)27)19-10-12-21(30)13-11-19/h6-13,17,20,27-28H,5,14-16H2,1-4H3/t20-,27+,28?/m0/s1. The number of Topliss-reactive ketones (excluding diaryl/α,β-unsaturated/α-hetero) is 1. The third-order valence-corrected chi connectivity index (χ3v) is 6.87. The SMILES string of the molecule is CCOc1ccccc1[C@@H]1C(C(=O)OCC(C)C)=C(C)N=C2C[C@H](c3ccc(Cl)cc3)CC(=O)C21. The number of hydrogen-bond acceptors (Lipinski definition) is 5. The van der Waals surface area contributed by atoms with Gasteiger partial charge in [-0.05, 0) is 55.9 Å². The number of ketones is 1. The van der Waals surface area contributed by atoms with Crippen LogP contribution in [-0.2, 0) is 14.3 Å². The van der Waals surface area contributed by atoms with Crippen molar-refractivity contribution in [2.45, 2.75) is 52.4 Å². The number of hydrogen-bond donors (Lipinski definition) is 0. The summed E-state index contributed by atoms with van der Waals surface area (Å²) in [5, 5.41) is 0.666. The molecule has 1 aliphatic heterocycles. The molecule has 0 N–H and O–H groups in total. The lowest BCUT2D eigenvalue weighted by Crippen LogP contribution is -2.41. The fourth-order valence-electron chi connectivity index (χ4n) is 5.09. The Labute approximate surface area is 212 Å². The molecule has 1 unspecified atom stereocenters. The van der Waals surface area contributed by atoms with E-state index in [4.69, 9.17) is 26.1 Å². The van der Waals surface area contributed by atoms with Gasteiger partial charge in [0.25, 0.3) is 0 Å². The van der Waals surface area contributed by atoms with Gasteiger partial charge in [0.05, 0.1) is 24.7 Å². The van der Waals surface area contributed by atoms with Gasteiger partial charge in [-0.25, -0.2) is 4.79 Å². The highest BCUT2D eigenvalue weighted by atomic mass is 35.5. The smallest absolute Gasteiger partial charge is 0.336 e. The van der Waals surface area contributed by atoms with Crippen molar-refractivity contribution in [1.29, 1.82) is 0 Å². The number of esters is 1. The average molecular weight is 494 g/mol. The molecule has 0 spiro atoms. The number of aliphatic imine (C=N–C) groups is 1. The Bertz CT molecular complexity index is 1170. The maximum atomic E-state index is 13.8. The maximum absolute atomic E-state index is 13.8. The Morgan fingerprint density at radius 3 is 2.49 bits per heavy atom. The first-order chi connectivity index (χ1) is 16.8. The number of carbonyl (C=O) groups excluding carboxylic acids is 2. The molecule has 4 rings (SSSR count). The van der Waals surface area contributed by atoms with E-state index in [0.717, 1.165) is 16.8 Å². The van der Waals surface area contributed by atoms with Gasteiger partial charge in [-0.2, -0.15) is 0 Å². The molecule has 0 radical (unpaired) electrons. The van der Waals surface area contributed by atoms with E-state index in [0.29, 0.717) is 48.1 Å². The second-order valence-electron chi connectivity index (χ2n) is 9.64. The van der Waals surface area contributed by atoms with E-state index in [1.54, 1.807) is 0 Å². The summed E-state index contributed by atoms with van der Waals surface area (Å²) in [4.78, 5) is 31.9. The molecule has 1 fully saturated rings. The summed E-state index contributed by atoms with van der Waals surface area (Å²) in [6.45, 7) is 8.54. The summed E-state index contributed by atoms with van der Waals surface area (Å²) >= 11 is 6.07. The van der Waals surface area contributed by atoms with Crippen LogP contribution in [0.3, 0.4) is 0 Å². The first kappa shape index (κ1) is 25.2. The Morgan fingerprint density at radius 1 is 1.09 bits per heavy atom. The van der Waals surface area contributed by atoms with Crippen molar-refractivity contribution in [2.75, 3.05) is 13.2 Å². The number of fused-ring (bicyclic) bond motifs is 1. The largest absolute Gasteiger partial charge is 0.494 e. The maximum Gasteiger partial charge on any atom is 0.336 e. The van der Waals surface area contributed by atoms with Gasteiger partial charge in [0.2, 0.25) is 0 Å². The van der Waals surface area contributed by atoms with Crippen LogP contribution in [0.15, 0.2) is 64.8 Å². The molecule has 0 bridgehead atoms. The van der Waals surface area contributed by atoms with Gasteiger partial charge < -0.3 is 9.47 Å². The topological polar surface area (TPSA) is 65.0 Å². The number of para-hydroxylation sites is 1. The average Bonchev–Trinajstić information content (AvgIpc) is 2.82. The first-order valence-corrected chi connectivity index (χ1v) is 12.6. The molecule has 2 aromatic carbocycles. The molecule has 184 valence electrons. The molecular weight excluding hydrogens is 462 g/mol. The molecular formula is C29H32ClNO4. The van der Waals surface area contributed by atoms with Crippen LogP contribution in [0.5, 0.6) is 5.75 Å². The summed E-state index contributed by atoms with van der Waals surface area (Å²) < 4.78 is 11.6. The van der Waals surface area contributed by atoms with Crippen molar-refractivity contribution in [3.8, 4) is 5.75 Å². The van der Waals surface area contributed by atoms with Crippen LogP contribution >= 0.6 is 11.6 Å². The fourth-order valence-corrected chi connectivity index (χ4v) is 5.22. The van der Waals surface area contributed by atoms with Crippen LogP contribution in [-0.4, -0.2) is 30.7 Å². The van der Waals surface area contributed by atoms with Gasteiger partial charge >= 0.3 is 5.97 Å². The Kier molecular flexibility index (Phi) is 7.75. The van der Waals surface area contributed by atoms with Crippen molar-refractivity contribution in [3.63, 3.8) is 0 Å². The number of halogens is 1. The normalized spacial score (nSPS) is 22.1. The van der Waals surface area contributed by atoms with Crippen molar-refractivity contribution in [3.05, 3.63) is 76.0 Å². The van der Waals surface area contributed by atoms with Crippen molar-refractivity contribution >= 4 is 29.1 Å². The van der Waals surface area contributed by atoms with Crippen molar-refractivity contribution in [1.82, 2.24) is 0 Å². The molecule has 0 saturated heterocycles. The lowest BCUT2D eigenvalue weighted by Gasteiger charge is -2.38. The first-order valence-electron chi connectivity index (χ1n) is 12.2. The van der Waals surface area contributed by atoms with Crippen LogP contribution < -0.4 is 4.74 Å². The van der Waals surface area contributed by atoms with Gasteiger partial charge in [-0.1, -0.05) is 55.8 Å². The third kappa shape index (κ3) is 5.35. The zero-order valence-electron chi connectivity index (χ0n) is 20.7. The van der Waals surface area contributed by atoms with E-state index in [1.807, 2.05) is 76.2 Å². The van der Waals surface area contributed by atoms with Crippen LogP contribution in [0.2, 0.25) is 5.02 Å². The molecule has 0 aromatic heterocycles. The van der Waals surface area contributed by atoms with Crippen molar-refractivity contribution < 1.29 is 19.1 Å². The van der Waals surface area contributed by atoms with E-state index < -0.39 is 17.8 Å². The predicted molar refractivity (Wildman–Crippen MR) is 138 cm³/mol. The highest BCUT2D eigenvalue weighted by Crippen LogP contribution is 2.48. The zero-order chi connectivity index (χ0) is 25.1. The predicted octanol–water partition coefficient (Wildman–Crippen LogP) is 6.51. The van der Waals surface area contributed by atoms with Crippen LogP contribution in [0.1, 0.15) is 63.5 Å². The van der Waals surface area contributed by atoms with Gasteiger partial charge in [0.1, 0.15) is 11.5 Å². The van der Waals surface area contributed by atoms with Gasteiger partial charge in [-0.15, -0.1) is 0 Å². The van der Waals surface area contributed by atoms with Crippen molar-refractivity contribution in [2.24, 2.45) is 16.8 Å². The Hall–Kier alpha value is -2.92. The molecule has 0 amide bonds. The van der Waals surface area contributed by atoms with Gasteiger partial charge in [0, 0.05) is 34.3 Å². The summed E-state index contributed by atoms with van der Waals surface area (Å²) in [5.74, 6) is -0.450. The molecule has 1 saturated carbocycles. The van der Waals surface area contributed by atoms with E-state index in [-0.39, 0.29) is 17.6 Å². The second kappa shape index (κ2) is 10.8. The molecule has 2 aromatic rings. The minimum absolute atomic E-state index is 0.0276. The molecule has 2 aliphatic rings. The fraction of sp³-hybridized carbons (Fsp3) is 0.414. The molecule has 35 heavy (non-hydrogen) atoms. The number of allylic oxidation sites excluding steroid dienone is 1. The second-order valence-corrected chi connectivity index (χ2v) is 10.1. The number of rotatable bonds is 7. The molecule has 5 nitrogen and oxygen atoms in total. The van der Waals surface area contributed by atoms with Gasteiger partial charge in [-0.3, -0.25) is 9.79 Å². The lowest BCUT2D eigenvalue weighted by molar-refractivity contribution is -0.140. The molecule has 3 atom stereocenters. The number of nitrogens with zero attached hydrogens (tertiary/aromatic N) is 1. The summed E-state index contributed by atoms with van der Waals surface area (Å²) in [7, 11) is 0. The molecule has 1 heterocycles. The number of ether oxygens (including phenoxy) is 2. The lowest BCUT2D eigenvalue weighted by atomic mass is 9.66. The minimum atomic E-state index is -0.523.